The summed E-state index contributed by atoms with van der Waals surface area (Å²) >= 11 is 0. The zero-order valence-electron chi connectivity index (χ0n) is 11.9. The molecule has 4 rings (SSSR count). The van der Waals surface area contributed by atoms with Gasteiger partial charge in [0.05, 0.1) is 17.8 Å². The van der Waals surface area contributed by atoms with Crippen LogP contribution in [0.25, 0.3) is 6.08 Å². The van der Waals surface area contributed by atoms with E-state index in [-0.39, 0.29) is 5.91 Å². The molecule has 0 atom stereocenters. The van der Waals surface area contributed by atoms with E-state index in [2.05, 4.69) is 29.2 Å². The number of fused-ring (bicyclic) bond motifs is 4. The van der Waals surface area contributed by atoms with Gasteiger partial charge in [0.2, 0.25) is 0 Å². The normalized spacial score (nSPS) is 16.0. The Balaban J connectivity index is 1.95. The van der Waals surface area contributed by atoms with Gasteiger partial charge in [0.15, 0.2) is 0 Å². The number of hydrogen-bond acceptors (Lipinski definition) is 2. The summed E-state index contributed by atoms with van der Waals surface area (Å²) < 4.78 is 0. The lowest BCUT2D eigenvalue weighted by molar-refractivity contribution is 0.0800. The number of amides is 1. The molecular weight excluding hydrogens is 260 g/mol. The van der Waals surface area contributed by atoms with Crippen molar-refractivity contribution >= 4 is 17.7 Å². The molecule has 2 aromatic carbocycles. The highest BCUT2D eigenvalue weighted by Gasteiger charge is 2.34. The van der Waals surface area contributed by atoms with E-state index >= 15 is 0 Å². The molecule has 0 bridgehead atoms. The molecule has 0 spiro atoms. The van der Waals surface area contributed by atoms with Gasteiger partial charge in [-0.2, -0.15) is 0 Å². The smallest absolute Gasteiger partial charge is 0.261 e. The van der Waals surface area contributed by atoms with Crippen molar-refractivity contribution in [1.29, 1.82) is 0 Å². The average molecular weight is 276 g/mol. The quantitative estimate of drug-likeness (QED) is 0.796. The summed E-state index contributed by atoms with van der Waals surface area (Å²) in [6.07, 6.45) is 2.12. The Bertz CT molecular complexity index is 763. The van der Waals surface area contributed by atoms with Crippen LogP contribution in [-0.4, -0.2) is 17.4 Å². The SMILES string of the molecule is CCN1C(=O)c2ccccc2N2Cc3ccccc3C=C12. The molecule has 104 valence electrons. The van der Waals surface area contributed by atoms with E-state index in [0.29, 0.717) is 6.54 Å². The summed E-state index contributed by atoms with van der Waals surface area (Å²) in [5, 5.41) is 0. The Kier molecular flexibility index (Phi) is 2.61. The van der Waals surface area contributed by atoms with Crippen LogP contribution in [0.5, 0.6) is 0 Å². The molecule has 2 aliphatic heterocycles. The van der Waals surface area contributed by atoms with Crippen LogP contribution < -0.4 is 4.90 Å². The van der Waals surface area contributed by atoms with Crippen LogP contribution in [0.3, 0.4) is 0 Å². The first-order valence-corrected chi connectivity index (χ1v) is 7.27. The Morgan fingerprint density at radius 3 is 2.67 bits per heavy atom. The molecule has 0 aromatic heterocycles. The first-order chi connectivity index (χ1) is 10.3. The summed E-state index contributed by atoms with van der Waals surface area (Å²) in [5.41, 5.74) is 4.29. The fourth-order valence-electron chi connectivity index (χ4n) is 3.16. The van der Waals surface area contributed by atoms with Gasteiger partial charge in [0.25, 0.3) is 5.91 Å². The van der Waals surface area contributed by atoms with Crippen molar-refractivity contribution in [3.8, 4) is 0 Å². The number of carbonyl (C=O) groups is 1. The summed E-state index contributed by atoms with van der Waals surface area (Å²) in [6.45, 7) is 3.51. The van der Waals surface area contributed by atoms with Crippen LogP contribution in [0, 0.1) is 0 Å². The van der Waals surface area contributed by atoms with Crippen LogP contribution in [0.15, 0.2) is 54.4 Å². The summed E-state index contributed by atoms with van der Waals surface area (Å²) in [6, 6.07) is 16.2. The number of hydrogen-bond donors (Lipinski definition) is 0. The van der Waals surface area contributed by atoms with Crippen molar-refractivity contribution in [1.82, 2.24) is 4.90 Å². The predicted octanol–water partition coefficient (Wildman–Crippen LogP) is 3.48. The maximum Gasteiger partial charge on any atom is 0.261 e. The minimum absolute atomic E-state index is 0.0926. The zero-order chi connectivity index (χ0) is 14.4. The molecule has 0 saturated heterocycles. The van der Waals surface area contributed by atoms with E-state index in [1.54, 1.807) is 0 Å². The topological polar surface area (TPSA) is 23.6 Å². The Labute approximate surface area is 124 Å². The van der Waals surface area contributed by atoms with Gasteiger partial charge in [-0.1, -0.05) is 36.4 Å². The molecule has 0 saturated carbocycles. The molecule has 21 heavy (non-hydrogen) atoms. The Morgan fingerprint density at radius 1 is 1.05 bits per heavy atom. The monoisotopic (exact) mass is 276 g/mol. The highest BCUT2D eigenvalue weighted by atomic mass is 16.2. The lowest BCUT2D eigenvalue weighted by Gasteiger charge is -2.42. The molecule has 1 amide bonds. The second kappa shape index (κ2) is 4.48. The molecule has 2 heterocycles. The molecule has 3 heteroatoms. The van der Waals surface area contributed by atoms with Crippen molar-refractivity contribution in [3.63, 3.8) is 0 Å². The van der Waals surface area contributed by atoms with E-state index in [1.807, 2.05) is 42.2 Å². The molecule has 2 aliphatic rings. The average Bonchev–Trinajstić information content (AvgIpc) is 2.54. The van der Waals surface area contributed by atoms with Gasteiger partial charge >= 0.3 is 0 Å². The number of rotatable bonds is 1. The number of para-hydroxylation sites is 1. The third-order valence-electron chi connectivity index (χ3n) is 4.21. The number of benzene rings is 2. The second-order valence-electron chi connectivity index (χ2n) is 5.35. The van der Waals surface area contributed by atoms with Crippen molar-refractivity contribution in [2.45, 2.75) is 13.5 Å². The van der Waals surface area contributed by atoms with Crippen molar-refractivity contribution in [2.24, 2.45) is 0 Å². The van der Waals surface area contributed by atoms with Gasteiger partial charge in [0, 0.05) is 6.54 Å². The van der Waals surface area contributed by atoms with Crippen LogP contribution in [0.2, 0.25) is 0 Å². The number of carbonyl (C=O) groups excluding carboxylic acids is 1. The van der Waals surface area contributed by atoms with Gasteiger partial charge < -0.3 is 4.90 Å². The minimum Gasteiger partial charge on any atom is -0.322 e. The van der Waals surface area contributed by atoms with Gasteiger partial charge in [-0.25, -0.2) is 0 Å². The van der Waals surface area contributed by atoms with Crippen molar-refractivity contribution < 1.29 is 4.79 Å². The molecule has 0 radical (unpaired) electrons. The van der Waals surface area contributed by atoms with Crippen LogP contribution >= 0.6 is 0 Å². The highest BCUT2D eigenvalue weighted by Crippen LogP contribution is 2.38. The standard InChI is InChI=1S/C18H16N2O/c1-2-19-17-11-13-7-3-4-8-14(13)12-20(17)16-10-6-5-9-15(16)18(19)21/h3-11H,2,12H2,1H3. The molecule has 0 N–H and O–H groups in total. The third-order valence-corrected chi connectivity index (χ3v) is 4.21. The van der Waals surface area contributed by atoms with E-state index in [0.717, 1.165) is 23.6 Å². The maximum atomic E-state index is 12.7. The van der Waals surface area contributed by atoms with E-state index in [4.69, 9.17) is 0 Å². The van der Waals surface area contributed by atoms with Gasteiger partial charge in [-0.3, -0.25) is 9.69 Å². The fraction of sp³-hybridized carbons (Fsp3) is 0.167. The van der Waals surface area contributed by atoms with Gasteiger partial charge in [0.1, 0.15) is 5.82 Å². The van der Waals surface area contributed by atoms with E-state index < -0.39 is 0 Å². The largest absolute Gasteiger partial charge is 0.322 e. The van der Waals surface area contributed by atoms with Crippen LogP contribution in [0.1, 0.15) is 28.4 Å². The highest BCUT2D eigenvalue weighted by molar-refractivity contribution is 6.04. The molecule has 2 aromatic rings. The fourth-order valence-corrected chi connectivity index (χ4v) is 3.16. The Morgan fingerprint density at radius 2 is 1.81 bits per heavy atom. The van der Waals surface area contributed by atoms with Crippen LogP contribution in [0.4, 0.5) is 5.69 Å². The molecule has 0 fully saturated rings. The molecule has 0 aliphatic carbocycles. The number of anilines is 1. The maximum absolute atomic E-state index is 12.7. The van der Waals surface area contributed by atoms with Gasteiger partial charge in [-0.05, 0) is 36.3 Å². The summed E-state index contributed by atoms with van der Waals surface area (Å²) in [5.74, 6) is 1.08. The first kappa shape index (κ1) is 12.2. The first-order valence-electron chi connectivity index (χ1n) is 7.27. The summed E-state index contributed by atoms with van der Waals surface area (Å²) in [4.78, 5) is 16.8. The van der Waals surface area contributed by atoms with Gasteiger partial charge in [-0.15, -0.1) is 0 Å². The summed E-state index contributed by atoms with van der Waals surface area (Å²) in [7, 11) is 0. The molecule has 3 nitrogen and oxygen atoms in total. The van der Waals surface area contributed by atoms with E-state index in [1.165, 1.54) is 11.1 Å². The predicted molar refractivity (Wildman–Crippen MR) is 83.8 cm³/mol. The second-order valence-corrected chi connectivity index (χ2v) is 5.35. The third kappa shape index (κ3) is 1.70. The van der Waals surface area contributed by atoms with Crippen molar-refractivity contribution in [2.75, 3.05) is 11.4 Å². The van der Waals surface area contributed by atoms with Crippen molar-refractivity contribution in [3.05, 3.63) is 71.0 Å². The van der Waals surface area contributed by atoms with E-state index in [9.17, 15) is 4.79 Å². The number of nitrogens with zero attached hydrogens (tertiary/aromatic N) is 2. The zero-order valence-corrected chi connectivity index (χ0v) is 11.9. The van der Waals surface area contributed by atoms with Crippen LogP contribution in [-0.2, 0) is 6.54 Å². The Hall–Kier alpha value is -2.55. The lowest BCUT2D eigenvalue weighted by atomic mass is 9.98. The minimum atomic E-state index is 0.0926. The lowest BCUT2D eigenvalue weighted by Crippen LogP contribution is -2.45. The molecular formula is C18H16N2O. The molecule has 0 unspecified atom stereocenters.